The molecule has 1 heterocycles. The summed E-state index contributed by atoms with van der Waals surface area (Å²) in [5.74, 6) is -0.125. The Morgan fingerprint density at radius 1 is 1.83 bits per heavy atom. The highest BCUT2D eigenvalue weighted by atomic mass is 32.1. The molecule has 1 aromatic heterocycles. The first-order valence-electron chi connectivity index (χ1n) is 3.55. The second kappa shape index (κ2) is 4.18. The number of nitrogens with one attached hydrogen (secondary N) is 1. The molecule has 0 fully saturated rings. The lowest BCUT2D eigenvalue weighted by atomic mass is 10.4. The summed E-state index contributed by atoms with van der Waals surface area (Å²) >= 11 is 1.36. The third-order valence-corrected chi connectivity index (χ3v) is 2.01. The molecule has 0 atom stereocenters. The molecular weight excluding hydrogens is 176 g/mol. The summed E-state index contributed by atoms with van der Waals surface area (Å²) in [7, 11) is 0. The summed E-state index contributed by atoms with van der Waals surface area (Å²) < 4.78 is 0. The van der Waals surface area contributed by atoms with Crippen LogP contribution in [0.15, 0.2) is 5.38 Å². The van der Waals surface area contributed by atoms with E-state index in [1.54, 1.807) is 0 Å². The topological polar surface area (TPSA) is 62.2 Å². The molecule has 1 rings (SSSR count). The normalized spacial score (nSPS) is 9.83. The van der Waals surface area contributed by atoms with Gasteiger partial charge >= 0.3 is 0 Å². The van der Waals surface area contributed by atoms with Crippen molar-refractivity contribution in [3.8, 4) is 0 Å². The lowest BCUT2D eigenvalue weighted by Crippen LogP contribution is -2.05. The van der Waals surface area contributed by atoms with E-state index in [1.165, 1.54) is 18.3 Å². The number of aliphatic hydroxyl groups excluding tert-OH is 1. The number of carbonyl (C=O) groups excluding carboxylic acids is 1. The highest BCUT2D eigenvalue weighted by Gasteiger charge is 2.01. The second-order valence-corrected chi connectivity index (χ2v) is 3.16. The van der Waals surface area contributed by atoms with Crippen LogP contribution in [-0.2, 0) is 11.2 Å². The molecular formula is C7H10N2O2S. The number of thiazole rings is 1. The molecule has 0 bridgehead atoms. The van der Waals surface area contributed by atoms with Gasteiger partial charge in [0.05, 0.1) is 5.69 Å². The number of aromatic nitrogens is 1. The number of hydrogen-bond acceptors (Lipinski definition) is 4. The monoisotopic (exact) mass is 186 g/mol. The molecule has 5 heteroatoms. The number of aliphatic hydroxyl groups is 1. The van der Waals surface area contributed by atoms with Crippen LogP contribution in [0.2, 0.25) is 0 Å². The van der Waals surface area contributed by atoms with Crippen LogP contribution < -0.4 is 5.32 Å². The van der Waals surface area contributed by atoms with Crippen molar-refractivity contribution in [1.29, 1.82) is 0 Å². The Kier molecular flexibility index (Phi) is 3.19. The van der Waals surface area contributed by atoms with Gasteiger partial charge in [0.15, 0.2) is 5.13 Å². The van der Waals surface area contributed by atoms with Crippen molar-refractivity contribution in [3.05, 3.63) is 11.1 Å². The SMILES string of the molecule is CC(=O)Nc1nc(CCO)cs1. The van der Waals surface area contributed by atoms with Crippen LogP contribution >= 0.6 is 11.3 Å². The average molecular weight is 186 g/mol. The van der Waals surface area contributed by atoms with E-state index in [4.69, 9.17) is 5.11 Å². The molecule has 12 heavy (non-hydrogen) atoms. The minimum absolute atomic E-state index is 0.0866. The molecule has 0 saturated heterocycles. The van der Waals surface area contributed by atoms with E-state index >= 15 is 0 Å². The van der Waals surface area contributed by atoms with Crippen molar-refractivity contribution in [2.75, 3.05) is 11.9 Å². The number of hydrogen-bond donors (Lipinski definition) is 2. The molecule has 2 N–H and O–H groups in total. The number of nitrogens with zero attached hydrogens (tertiary/aromatic N) is 1. The van der Waals surface area contributed by atoms with E-state index in [2.05, 4.69) is 10.3 Å². The fourth-order valence-corrected chi connectivity index (χ4v) is 1.54. The molecule has 66 valence electrons. The third-order valence-electron chi connectivity index (χ3n) is 1.20. The van der Waals surface area contributed by atoms with Crippen LogP contribution in [-0.4, -0.2) is 22.6 Å². The van der Waals surface area contributed by atoms with Crippen LogP contribution in [0.5, 0.6) is 0 Å². The Balaban J connectivity index is 2.58. The van der Waals surface area contributed by atoms with Gasteiger partial charge in [0.25, 0.3) is 0 Å². The third kappa shape index (κ3) is 2.60. The smallest absolute Gasteiger partial charge is 0.223 e. The van der Waals surface area contributed by atoms with E-state index in [-0.39, 0.29) is 12.5 Å². The van der Waals surface area contributed by atoms with Gasteiger partial charge in [-0.25, -0.2) is 4.98 Å². The Labute approximate surface area is 74.3 Å². The Morgan fingerprint density at radius 2 is 2.58 bits per heavy atom. The zero-order valence-corrected chi connectivity index (χ0v) is 7.52. The van der Waals surface area contributed by atoms with Crippen LogP contribution in [0.3, 0.4) is 0 Å². The predicted molar refractivity (Wildman–Crippen MR) is 47.2 cm³/mol. The van der Waals surface area contributed by atoms with Gasteiger partial charge in [-0.05, 0) is 0 Å². The van der Waals surface area contributed by atoms with Gasteiger partial charge < -0.3 is 10.4 Å². The molecule has 0 aliphatic carbocycles. The molecule has 0 spiro atoms. The maximum absolute atomic E-state index is 10.6. The quantitative estimate of drug-likeness (QED) is 0.728. The Hall–Kier alpha value is -0.940. The maximum Gasteiger partial charge on any atom is 0.223 e. The summed E-state index contributed by atoms with van der Waals surface area (Å²) in [5.41, 5.74) is 0.811. The summed E-state index contributed by atoms with van der Waals surface area (Å²) in [5, 5.41) is 13.6. The maximum atomic E-state index is 10.6. The zero-order chi connectivity index (χ0) is 8.97. The van der Waals surface area contributed by atoms with Gasteiger partial charge in [0.1, 0.15) is 0 Å². The Bertz CT molecular complexity index is 272. The van der Waals surface area contributed by atoms with E-state index in [9.17, 15) is 4.79 Å². The first-order valence-corrected chi connectivity index (χ1v) is 4.43. The first-order chi connectivity index (χ1) is 5.72. The van der Waals surface area contributed by atoms with Gasteiger partial charge in [-0.2, -0.15) is 0 Å². The number of anilines is 1. The van der Waals surface area contributed by atoms with Crippen molar-refractivity contribution in [1.82, 2.24) is 4.98 Å². The highest BCUT2D eigenvalue weighted by molar-refractivity contribution is 7.13. The summed E-state index contributed by atoms with van der Waals surface area (Å²) in [6.07, 6.45) is 0.538. The predicted octanol–water partition coefficient (Wildman–Crippen LogP) is 0.636. The minimum Gasteiger partial charge on any atom is -0.396 e. The molecule has 0 aliphatic rings. The van der Waals surface area contributed by atoms with Crippen LogP contribution in [0.4, 0.5) is 5.13 Å². The molecule has 1 aromatic rings. The van der Waals surface area contributed by atoms with Crippen LogP contribution in [0.1, 0.15) is 12.6 Å². The van der Waals surface area contributed by atoms with E-state index < -0.39 is 0 Å². The van der Waals surface area contributed by atoms with Crippen LogP contribution in [0.25, 0.3) is 0 Å². The lowest BCUT2D eigenvalue weighted by Gasteiger charge is -1.93. The van der Waals surface area contributed by atoms with Crippen molar-refractivity contribution in [2.24, 2.45) is 0 Å². The molecule has 0 aromatic carbocycles. The largest absolute Gasteiger partial charge is 0.396 e. The minimum atomic E-state index is -0.125. The second-order valence-electron chi connectivity index (χ2n) is 2.30. The van der Waals surface area contributed by atoms with Crippen molar-refractivity contribution < 1.29 is 9.90 Å². The van der Waals surface area contributed by atoms with Gasteiger partial charge in [-0.15, -0.1) is 11.3 Å². The van der Waals surface area contributed by atoms with Crippen LogP contribution in [0, 0.1) is 0 Å². The van der Waals surface area contributed by atoms with Crippen molar-refractivity contribution in [3.63, 3.8) is 0 Å². The molecule has 0 saturated carbocycles. The van der Waals surface area contributed by atoms with E-state index in [0.29, 0.717) is 11.6 Å². The van der Waals surface area contributed by atoms with Crippen molar-refractivity contribution >= 4 is 22.4 Å². The molecule has 1 amide bonds. The first kappa shape index (κ1) is 9.15. The number of amides is 1. The zero-order valence-electron chi connectivity index (χ0n) is 6.70. The van der Waals surface area contributed by atoms with E-state index in [1.807, 2.05) is 5.38 Å². The summed E-state index contributed by atoms with van der Waals surface area (Å²) in [6, 6.07) is 0. The lowest BCUT2D eigenvalue weighted by molar-refractivity contribution is -0.114. The number of carbonyl (C=O) groups is 1. The molecule has 0 radical (unpaired) electrons. The Morgan fingerprint density at radius 3 is 3.17 bits per heavy atom. The van der Waals surface area contributed by atoms with Gasteiger partial charge in [0.2, 0.25) is 5.91 Å². The fraction of sp³-hybridized carbons (Fsp3) is 0.429. The number of rotatable bonds is 3. The summed E-state index contributed by atoms with van der Waals surface area (Å²) in [6.45, 7) is 1.52. The standard InChI is InChI=1S/C7H10N2O2S/c1-5(11)8-7-9-6(2-3-10)4-12-7/h4,10H,2-3H2,1H3,(H,8,9,11). The average Bonchev–Trinajstić information content (AvgIpc) is 2.36. The van der Waals surface area contributed by atoms with Gasteiger partial charge in [-0.3, -0.25) is 4.79 Å². The molecule has 0 unspecified atom stereocenters. The van der Waals surface area contributed by atoms with E-state index in [0.717, 1.165) is 5.69 Å². The highest BCUT2D eigenvalue weighted by Crippen LogP contribution is 2.15. The summed E-state index contributed by atoms with van der Waals surface area (Å²) in [4.78, 5) is 14.7. The molecule has 4 nitrogen and oxygen atoms in total. The molecule has 0 aliphatic heterocycles. The van der Waals surface area contributed by atoms with Gasteiger partial charge in [-0.1, -0.05) is 0 Å². The fourth-order valence-electron chi connectivity index (χ4n) is 0.744. The van der Waals surface area contributed by atoms with Crippen molar-refractivity contribution in [2.45, 2.75) is 13.3 Å². The van der Waals surface area contributed by atoms with Gasteiger partial charge in [0, 0.05) is 25.3 Å².